The van der Waals surface area contributed by atoms with E-state index in [1.807, 2.05) is 52.6 Å². The summed E-state index contributed by atoms with van der Waals surface area (Å²) in [5.74, 6) is 2.12. The molecule has 4 aromatic rings. The van der Waals surface area contributed by atoms with Crippen LogP contribution in [-0.2, 0) is 5.41 Å². The number of piperidine rings is 1. The van der Waals surface area contributed by atoms with E-state index in [1.54, 1.807) is 14.2 Å². The first-order chi connectivity index (χ1) is 19.6. The van der Waals surface area contributed by atoms with Gasteiger partial charge in [-0.1, -0.05) is 36.4 Å². The quantitative estimate of drug-likeness (QED) is 0.253. The summed E-state index contributed by atoms with van der Waals surface area (Å²) in [6.07, 6.45) is 4.21. The molecule has 3 heterocycles. The average Bonchev–Trinajstić information content (AvgIpc) is 3.66. The minimum Gasteiger partial charge on any atom is -0.493 e. The SMILES string of the molecule is COc1ccc(C2(CCN3CCC(c4nc5ccccc5s4)CC3)CCN(C(=O)c3ccccc3)C2)cc1OC. The molecular weight excluding hydrogens is 518 g/mol. The normalized spacial score (nSPS) is 20.2. The molecule has 1 amide bonds. The smallest absolute Gasteiger partial charge is 0.253 e. The molecule has 2 fully saturated rings. The van der Waals surface area contributed by atoms with Gasteiger partial charge in [0.1, 0.15) is 0 Å². The van der Waals surface area contributed by atoms with E-state index in [0.29, 0.717) is 12.5 Å². The predicted molar refractivity (Wildman–Crippen MR) is 161 cm³/mol. The first-order valence-corrected chi connectivity index (χ1v) is 15.0. The first-order valence-electron chi connectivity index (χ1n) is 14.2. The number of nitrogens with zero attached hydrogens (tertiary/aromatic N) is 3. The lowest BCUT2D eigenvalue weighted by atomic mass is 9.76. The summed E-state index contributed by atoms with van der Waals surface area (Å²) in [5, 5.41) is 1.29. The second-order valence-electron chi connectivity index (χ2n) is 11.1. The summed E-state index contributed by atoms with van der Waals surface area (Å²) in [4.78, 5) is 23.0. The highest BCUT2D eigenvalue weighted by Gasteiger charge is 2.42. The third kappa shape index (κ3) is 5.32. The Morgan fingerprint density at radius 3 is 2.45 bits per heavy atom. The Morgan fingerprint density at radius 1 is 0.950 bits per heavy atom. The fraction of sp³-hybridized carbons (Fsp3) is 0.394. The Kier molecular flexibility index (Phi) is 7.76. The van der Waals surface area contributed by atoms with Crippen LogP contribution in [0.2, 0.25) is 0 Å². The molecule has 7 heteroatoms. The van der Waals surface area contributed by atoms with Gasteiger partial charge in [0.2, 0.25) is 0 Å². The number of hydrogen-bond acceptors (Lipinski definition) is 6. The molecule has 40 heavy (non-hydrogen) atoms. The number of para-hydroxylation sites is 1. The van der Waals surface area contributed by atoms with Gasteiger partial charge >= 0.3 is 0 Å². The zero-order valence-corrected chi connectivity index (χ0v) is 24.2. The molecule has 1 atom stereocenters. The zero-order chi connectivity index (χ0) is 27.5. The molecule has 1 aromatic heterocycles. The number of aromatic nitrogens is 1. The lowest BCUT2D eigenvalue weighted by molar-refractivity contribution is 0.0780. The molecular formula is C33H37N3O3S. The minimum atomic E-state index is -0.131. The van der Waals surface area contributed by atoms with Crippen LogP contribution in [-0.4, -0.2) is 67.6 Å². The molecule has 2 aliphatic rings. The molecule has 0 radical (unpaired) electrons. The van der Waals surface area contributed by atoms with Crippen molar-refractivity contribution in [1.82, 2.24) is 14.8 Å². The Labute approximate surface area is 240 Å². The number of methoxy groups -OCH3 is 2. The molecule has 0 spiro atoms. The van der Waals surface area contributed by atoms with Crippen LogP contribution in [0.4, 0.5) is 0 Å². The molecule has 1 unspecified atom stereocenters. The third-order valence-electron chi connectivity index (χ3n) is 8.81. The van der Waals surface area contributed by atoms with Gasteiger partial charge in [0.05, 0.1) is 29.4 Å². The van der Waals surface area contributed by atoms with Crippen molar-refractivity contribution in [3.8, 4) is 11.5 Å². The molecule has 6 rings (SSSR count). The van der Waals surface area contributed by atoms with E-state index >= 15 is 0 Å². The van der Waals surface area contributed by atoms with Gasteiger partial charge in [-0.05, 0) is 87.3 Å². The lowest BCUT2D eigenvalue weighted by Crippen LogP contribution is -2.40. The highest BCUT2D eigenvalue weighted by atomic mass is 32.1. The van der Waals surface area contributed by atoms with Gasteiger partial charge < -0.3 is 19.3 Å². The Bertz CT molecular complexity index is 1430. The second-order valence-corrected chi connectivity index (χ2v) is 12.1. The zero-order valence-electron chi connectivity index (χ0n) is 23.3. The second kappa shape index (κ2) is 11.6. The summed E-state index contributed by atoms with van der Waals surface area (Å²) in [7, 11) is 3.35. The molecule has 3 aromatic carbocycles. The van der Waals surface area contributed by atoms with Crippen LogP contribution >= 0.6 is 11.3 Å². The number of benzene rings is 3. The van der Waals surface area contributed by atoms with Crippen molar-refractivity contribution in [2.75, 3.05) is 46.9 Å². The van der Waals surface area contributed by atoms with Crippen LogP contribution in [0.3, 0.4) is 0 Å². The molecule has 0 aliphatic carbocycles. The predicted octanol–water partition coefficient (Wildman–Crippen LogP) is 6.37. The van der Waals surface area contributed by atoms with Crippen molar-refractivity contribution in [3.63, 3.8) is 0 Å². The number of ether oxygens (including phenoxy) is 2. The van der Waals surface area contributed by atoms with E-state index in [0.717, 1.165) is 74.4 Å². The molecule has 0 bridgehead atoms. The van der Waals surface area contributed by atoms with Gasteiger partial charge in [-0.3, -0.25) is 4.79 Å². The topological polar surface area (TPSA) is 54.9 Å². The first kappa shape index (κ1) is 26.8. The summed E-state index contributed by atoms with van der Waals surface area (Å²) in [6.45, 7) is 4.62. The van der Waals surface area contributed by atoms with Gasteiger partial charge in [0, 0.05) is 30.0 Å². The van der Waals surface area contributed by atoms with Crippen LogP contribution < -0.4 is 9.47 Å². The van der Waals surface area contributed by atoms with Gasteiger partial charge in [0.25, 0.3) is 5.91 Å². The lowest BCUT2D eigenvalue weighted by Gasteiger charge is -2.36. The number of amides is 1. The van der Waals surface area contributed by atoms with Crippen LogP contribution in [0.5, 0.6) is 11.5 Å². The summed E-state index contributed by atoms with van der Waals surface area (Å²) < 4.78 is 12.5. The average molecular weight is 556 g/mol. The fourth-order valence-corrected chi connectivity index (χ4v) is 7.54. The molecule has 6 nitrogen and oxygen atoms in total. The molecule has 208 valence electrons. The standard InChI is InChI=1S/C33H37N3O3S/c1-38-28-13-12-26(22-29(28)39-2)33(17-21-36(23-33)32(37)25-8-4-3-5-9-25)16-20-35-18-14-24(15-19-35)31-34-27-10-6-7-11-30(27)40-31/h3-13,22,24H,14-21,23H2,1-2H3. The highest BCUT2D eigenvalue weighted by Crippen LogP contribution is 2.42. The van der Waals surface area contributed by atoms with Crippen molar-refractivity contribution in [3.05, 3.63) is 88.9 Å². The maximum Gasteiger partial charge on any atom is 0.253 e. The maximum atomic E-state index is 13.4. The van der Waals surface area contributed by atoms with Crippen molar-refractivity contribution in [2.24, 2.45) is 0 Å². The van der Waals surface area contributed by atoms with Gasteiger partial charge in [0.15, 0.2) is 11.5 Å². The van der Waals surface area contributed by atoms with Crippen molar-refractivity contribution in [2.45, 2.75) is 37.0 Å². The minimum absolute atomic E-state index is 0.111. The number of hydrogen-bond donors (Lipinski definition) is 0. The number of carbonyl (C=O) groups excluding carboxylic acids is 1. The van der Waals surface area contributed by atoms with Crippen LogP contribution in [0, 0.1) is 0 Å². The van der Waals surface area contributed by atoms with Crippen LogP contribution in [0.25, 0.3) is 10.2 Å². The number of thiazole rings is 1. The van der Waals surface area contributed by atoms with E-state index in [2.05, 4.69) is 41.3 Å². The van der Waals surface area contributed by atoms with E-state index in [1.165, 1.54) is 15.3 Å². The Morgan fingerprint density at radius 2 is 1.70 bits per heavy atom. The van der Waals surface area contributed by atoms with E-state index in [9.17, 15) is 4.79 Å². The number of rotatable bonds is 8. The molecule has 0 N–H and O–H groups in total. The molecule has 2 aliphatic heterocycles. The summed E-state index contributed by atoms with van der Waals surface area (Å²) >= 11 is 1.85. The Hall–Kier alpha value is -3.42. The van der Waals surface area contributed by atoms with E-state index < -0.39 is 0 Å². The summed E-state index contributed by atoms with van der Waals surface area (Å²) in [6, 6.07) is 24.4. The molecule has 2 saturated heterocycles. The number of likely N-dealkylation sites (tertiary alicyclic amines) is 2. The van der Waals surface area contributed by atoms with Crippen molar-refractivity contribution >= 4 is 27.5 Å². The molecule has 0 saturated carbocycles. The van der Waals surface area contributed by atoms with Gasteiger partial charge in [-0.2, -0.15) is 0 Å². The fourth-order valence-electron chi connectivity index (χ4n) is 6.40. The van der Waals surface area contributed by atoms with Crippen LogP contribution in [0.15, 0.2) is 72.8 Å². The largest absolute Gasteiger partial charge is 0.493 e. The number of carbonyl (C=O) groups is 1. The van der Waals surface area contributed by atoms with Crippen molar-refractivity contribution < 1.29 is 14.3 Å². The maximum absolute atomic E-state index is 13.4. The summed E-state index contributed by atoms with van der Waals surface area (Å²) in [5.41, 5.74) is 2.96. The van der Waals surface area contributed by atoms with Gasteiger partial charge in [-0.25, -0.2) is 4.98 Å². The Balaban J connectivity index is 1.17. The highest BCUT2D eigenvalue weighted by molar-refractivity contribution is 7.18. The van der Waals surface area contributed by atoms with E-state index in [-0.39, 0.29) is 11.3 Å². The number of fused-ring (bicyclic) bond motifs is 1. The van der Waals surface area contributed by atoms with Gasteiger partial charge in [-0.15, -0.1) is 11.3 Å². The van der Waals surface area contributed by atoms with E-state index in [4.69, 9.17) is 14.5 Å². The van der Waals surface area contributed by atoms with Crippen molar-refractivity contribution in [1.29, 1.82) is 0 Å². The monoisotopic (exact) mass is 555 g/mol. The van der Waals surface area contributed by atoms with Crippen LogP contribution in [0.1, 0.15) is 52.5 Å². The third-order valence-corrected chi connectivity index (χ3v) is 10.0.